The van der Waals surface area contributed by atoms with E-state index in [1.165, 1.54) is 10.6 Å². The molecule has 2 aromatic carbocycles. The smallest absolute Gasteiger partial charge is 0.268 e. The lowest BCUT2D eigenvalue weighted by Crippen LogP contribution is -2.24. The molecular weight excluding hydrogens is 293 g/mol. The fraction of sp³-hybridized carbons (Fsp3) is 0.222. The van der Waals surface area contributed by atoms with Gasteiger partial charge in [0, 0.05) is 6.42 Å². The van der Waals surface area contributed by atoms with Crippen LogP contribution in [0.5, 0.6) is 0 Å². The van der Waals surface area contributed by atoms with Crippen molar-refractivity contribution in [3.8, 4) is 5.69 Å². The van der Waals surface area contributed by atoms with Crippen molar-refractivity contribution < 1.29 is 4.39 Å². The van der Waals surface area contributed by atoms with Crippen LogP contribution in [0.1, 0.15) is 18.7 Å². The van der Waals surface area contributed by atoms with Crippen LogP contribution in [0.15, 0.2) is 53.3 Å². The Hall–Kier alpha value is -2.53. The van der Waals surface area contributed by atoms with Gasteiger partial charge in [0.05, 0.1) is 11.2 Å². The van der Waals surface area contributed by atoms with Crippen LogP contribution in [0.3, 0.4) is 0 Å². The summed E-state index contributed by atoms with van der Waals surface area (Å²) >= 11 is 0. The minimum atomic E-state index is -0.543. The van der Waals surface area contributed by atoms with Crippen molar-refractivity contribution in [2.45, 2.75) is 19.3 Å². The second-order valence-electron chi connectivity index (χ2n) is 5.38. The number of aromatic nitrogens is 2. The number of aryl methyl sites for hydroxylation is 1. The van der Waals surface area contributed by atoms with Gasteiger partial charge in [-0.25, -0.2) is 9.37 Å². The van der Waals surface area contributed by atoms with Gasteiger partial charge >= 0.3 is 0 Å². The number of fused-ring (bicyclic) bond motifs is 1. The summed E-state index contributed by atoms with van der Waals surface area (Å²) in [6, 6.07) is 13.7. The Morgan fingerprint density at radius 2 is 1.83 bits per heavy atom. The van der Waals surface area contributed by atoms with E-state index >= 15 is 0 Å². The second-order valence-corrected chi connectivity index (χ2v) is 5.38. The molecule has 1 heterocycles. The Kier molecular flexibility index (Phi) is 4.48. The molecule has 0 spiro atoms. The predicted molar refractivity (Wildman–Crippen MR) is 89.3 cm³/mol. The first-order valence-electron chi connectivity index (χ1n) is 7.68. The van der Waals surface area contributed by atoms with Crippen LogP contribution in [0.4, 0.5) is 4.39 Å². The molecule has 0 atom stereocenters. The molecule has 0 bridgehead atoms. The second kappa shape index (κ2) is 6.71. The van der Waals surface area contributed by atoms with Crippen LogP contribution >= 0.6 is 0 Å². The van der Waals surface area contributed by atoms with Crippen molar-refractivity contribution in [3.63, 3.8) is 0 Å². The highest BCUT2D eigenvalue weighted by Gasteiger charge is 2.15. The number of benzene rings is 2. The number of unbranched alkanes of at least 4 members (excludes halogenated alkanes) is 1. The predicted octanol–water partition coefficient (Wildman–Crippen LogP) is 2.81. The molecule has 118 valence electrons. The third-order valence-electron chi connectivity index (χ3n) is 3.79. The van der Waals surface area contributed by atoms with Gasteiger partial charge in [-0.05, 0) is 43.7 Å². The molecule has 0 saturated heterocycles. The maximum Gasteiger partial charge on any atom is 0.268 e. The molecule has 0 aliphatic carbocycles. The third-order valence-corrected chi connectivity index (χ3v) is 3.79. The van der Waals surface area contributed by atoms with Crippen LogP contribution in [0.2, 0.25) is 0 Å². The summed E-state index contributed by atoms with van der Waals surface area (Å²) in [5.41, 5.74) is 6.26. The zero-order chi connectivity index (χ0) is 16.2. The zero-order valence-corrected chi connectivity index (χ0v) is 12.7. The first-order valence-corrected chi connectivity index (χ1v) is 7.68. The quantitative estimate of drug-likeness (QED) is 0.737. The summed E-state index contributed by atoms with van der Waals surface area (Å²) in [6.45, 7) is 0.595. The standard InChI is InChI=1S/C18H18FN3O/c19-14-9-6-10-15-17(14)18(23)22(13-7-2-1-3-8-13)16(21-15)11-4-5-12-20/h1-3,6-10H,4-5,11-12,20H2. The maximum atomic E-state index is 14.1. The Balaban J connectivity index is 2.25. The van der Waals surface area contributed by atoms with E-state index in [0.29, 0.717) is 30.0 Å². The van der Waals surface area contributed by atoms with Crippen LogP contribution in [-0.4, -0.2) is 16.1 Å². The minimum Gasteiger partial charge on any atom is -0.330 e. The van der Waals surface area contributed by atoms with E-state index in [-0.39, 0.29) is 10.9 Å². The molecule has 23 heavy (non-hydrogen) atoms. The highest BCUT2D eigenvalue weighted by atomic mass is 19.1. The van der Waals surface area contributed by atoms with Crippen molar-refractivity contribution in [1.82, 2.24) is 9.55 Å². The van der Waals surface area contributed by atoms with E-state index in [4.69, 9.17) is 5.73 Å². The van der Waals surface area contributed by atoms with Gasteiger partial charge in [-0.15, -0.1) is 0 Å². The number of nitrogens with two attached hydrogens (primary N) is 1. The van der Waals surface area contributed by atoms with Gasteiger partial charge in [0.2, 0.25) is 0 Å². The summed E-state index contributed by atoms with van der Waals surface area (Å²) in [6.07, 6.45) is 2.30. The summed E-state index contributed by atoms with van der Waals surface area (Å²) in [5, 5.41) is 0.0268. The lowest BCUT2D eigenvalue weighted by molar-refractivity contribution is 0.635. The largest absolute Gasteiger partial charge is 0.330 e. The van der Waals surface area contributed by atoms with Gasteiger partial charge in [0.25, 0.3) is 5.56 Å². The fourth-order valence-electron chi connectivity index (χ4n) is 2.67. The lowest BCUT2D eigenvalue weighted by Gasteiger charge is -2.13. The minimum absolute atomic E-state index is 0.0268. The molecular formula is C18H18FN3O. The molecule has 4 nitrogen and oxygen atoms in total. The number of para-hydroxylation sites is 1. The molecule has 0 fully saturated rings. The fourth-order valence-corrected chi connectivity index (χ4v) is 2.67. The summed E-state index contributed by atoms with van der Waals surface area (Å²) in [5.74, 6) is 0.0888. The van der Waals surface area contributed by atoms with Gasteiger partial charge in [0.1, 0.15) is 17.0 Å². The van der Waals surface area contributed by atoms with E-state index in [0.717, 1.165) is 12.8 Å². The average Bonchev–Trinajstić information content (AvgIpc) is 2.56. The number of nitrogens with zero attached hydrogens (tertiary/aromatic N) is 2. The number of rotatable bonds is 5. The zero-order valence-electron chi connectivity index (χ0n) is 12.7. The molecule has 0 radical (unpaired) electrons. The molecule has 3 aromatic rings. The van der Waals surface area contributed by atoms with Gasteiger partial charge in [0.15, 0.2) is 0 Å². The average molecular weight is 311 g/mol. The van der Waals surface area contributed by atoms with E-state index in [9.17, 15) is 9.18 Å². The van der Waals surface area contributed by atoms with E-state index in [1.807, 2.05) is 30.3 Å². The normalized spacial score (nSPS) is 11.0. The van der Waals surface area contributed by atoms with Crippen LogP contribution in [-0.2, 0) is 6.42 Å². The first-order chi connectivity index (χ1) is 11.2. The maximum absolute atomic E-state index is 14.1. The summed E-state index contributed by atoms with van der Waals surface area (Å²) in [7, 11) is 0. The van der Waals surface area contributed by atoms with E-state index in [2.05, 4.69) is 4.98 Å². The van der Waals surface area contributed by atoms with E-state index in [1.54, 1.807) is 12.1 Å². The van der Waals surface area contributed by atoms with Crippen molar-refractivity contribution in [2.24, 2.45) is 5.73 Å². The summed E-state index contributed by atoms with van der Waals surface area (Å²) in [4.78, 5) is 17.4. The van der Waals surface area contributed by atoms with E-state index < -0.39 is 5.82 Å². The third kappa shape index (κ3) is 3.00. The van der Waals surface area contributed by atoms with Gasteiger partial charge in [-0.3, -0.25) is 9.36 Å². The first kappa shape index (κ1) is 15.4. The molecule has 0 aliphatic heterocycles. The lowest BCUT2D eigenvalue weighted by atomic mass is 10.2. The SMILES string of the molecule is NCCCCc1nc2cccc(F)c2c(=O)n1-c1ccccc1. The molecule has 0 saturated carbocycles. The Morgan fingerprint density at radius 1 is 1.04 bits per heavy atom. The molecule has 0 aliphatic rings. The monoisotopic (exact) mass is 311 g/mol. The Labute approximate surface area is 133 Å². The highest BCUT2D eigenvalue weighted by molar-refractivity contribution is 5.78. The van der Waals surface area contributed by atoms with Crippen molar-refractivity contribution in [2.75, 3.05) is 6.54 Å². The van der Waals surface area contributed by atoms with Crippen molar-refractivity contribution in [1.29, 1.82) is 0 Å². The number of hydrogen-bond acceptors (Lipinski definition) is 3. The molecule has 0 amide bonds. The van der Waals surface area contributed by atoms with Crippen LogP contribution < -0.4 is 11.3 Å². The van der Waals surface area contributed by atoms with Crippen molar-refractivity contribution >= 4 is 10.9 Å². The topological polar surface area (TPSA) is 60.9 Å². The molecule has 1 aromatic heterocycles. The summed E-state index contributed by atoms with van der Waals surface area (Å²) < 4.78 is 15.6. The van der Waals surface area contributed by atoms with Crippen LogP contribution in [0.25, 0.3) is 16.6 Å². The van der Waals surface area contributed by atoms with Gasteiger partial charge in [-0.2, -0.15) is 0 Å². The van der Waals surface area contributed by atoms with Gasteiger partial charge in [-0.1, -0.05) is 24.3 Å². The number of hydrogen-bond donors (Lipinski definition) is 1. The Morgan fingerprint density at radius 3 is 2.57 bits per heavy atom. The molecule has 0 unspecified atom stereocenters. The molecule has 5 heteroatoms. The number of halogens is 1. The van der Waals surface area contributed by atoms with Crippen molar-refractivity contribution in [3.05, 3.63) is 70.5 Å². The molecule has 3 rings (SSSR count). The van der Waals surface area contributed by atoms with Gasteiger partial charge < -0.3 is 5.73 Å². The molecule has 2 N–H and O–H groups in total. The van der Waals surface area contributed by atoms with Crippen LogP contribution in [0, 0.1) is 5.82 Å². The Bertz CT molecular complexity index is 875. The highest BCUT2D eigenvalue weighted by Crippen LogP contribution is 2.16.